The van der Waals surface area contributed by atoms with Gasteiger partial charge < -0.3 is 4.98 Å². The monoisotopic (exact) mass is 218 g/mol. The van der Waals surface area contributed by atoms with Crippen molar-refractivity contribution in [3.8, 4) is 11.1 Å². The molecule has 2 rings (SSSR count). The molecule has 2 aromatic rings. The molecule has 0 saturated heterocycles. The smallest absolute Gasteiger partial charge is 0.0412 e. The number of aromatic nitrogens is 1. The Labute approximate surface area is 95.1 Å². The van der Waals surface area contributed by atoms with Gasteiger partial charge in [0, 0.05) is 22.5 Å². The van der Waals surface area contributed by atoms with E-state index in [0.717, 1.165) is 17.1 Å². The molecule has 15 heavy (non-hydrogen) atoms. The van der Waals surface area contributed by atoms with Gasteiger partial charge in [-0.2, -0.15) is 0 Å². The number of aryl methyl sites for hydroxylation is 1. The molecular weight excluding hydrogens is 206 g/mol. The number of hydrogen-bond acceptors (Lipinski definition) is 0. The van der Waals surface area contributed by atoms with Gasteiger partial charge in [-0.05, 0) is 49.6 Å². The summed E-state index contributed by atoms with van der Waals surface area (Å²) in [5, 5.41) is 0.770. The second-order valence-electron chi connectivity index (χ2n) is 3.58. The van der Waals surface area contributed by atoms with Crippen LogP contribution in [0, 0.1) is 13.8 Å². The fourth-order valence-corrected chi connectivity index (χ4v) is 1.92. The summed E-state index contributed by atoms with van der Waals surface area (Å²) in [6.07, 6.45) is 2.70. The molecule has 1 radical (unpaired) electrons. The molecule has 0 saturated carbocycles. The van der Waals surface area contributed by atoms with Crippen LogP contribution in [-0.2, 0) is 6.42 Å². The number of H-pyrrole nitrogens is 1. The first kappa shape index (κ1) is 10.3. The van der Waals surface area contributed by atoms with Gasteiger partial charge in [0.05, 0.1) is 0 Å². The minimum absolute atomic E-state index is 0.758. The van der Waals surface area contributed by atoms with Gasteiger partial charge in [-0.25, -0.2) is 0 Å². The van der Waals surface area contributed by atoms with Crippen molar-refractivity contribution in [2.24, 2.45) is 0 Å². The average molecular weight is 219 g/mol. The molecule has 0 unspecified atom stereocenters. The molecule has 0 aliphatic heterocycles. The van der Waals surface area contributed by atoms with Crippen LogP contribution in [0.15, 0.2) is 30.5 Å². The zero-order valence-electron chi connectivity index (χ0n) is 8.68. The Kier molecular flexibility index (Phi) is 2.83. The van der Waals surface area contributed by atoms with Crippen LogP contribution in [0.1, 0.15) is 11.3 Å². The molecule has 0 bridgehead atoms. The van der Waals surface area contributed by atoms with Crippen LogP contribution in [0.4, 0.5) is 0 Å². The molecule has 1 aromatic heterocycles. The third kappa shape index (κ3) is 1.93. The van der Waals surface area contributed by atoms with E-state index in [1.807, 2.05) is 24.4 Å². The van der Waals surface area contributed by atoms with E-state index in [1.165, 1.54) is 16.7 Å². The molecule has 1 N–H and O–H groups in total. The normalized spacial score (nSPS) is 10.6. The van der Waals surface area contributed by atoms with Crippen molar-refractivity contribution in [2.75, 3.05) is 0 Å². The number of halogens is 1. The first-order valence-corrected chi connectivity index (χ1v) is 5.32. The Morgan fingerprint density at radius 2 is 2.07 bits per heavy atom. The maximum absolute atomic E-state index is 6.00. The Morgan fingerprint density at radius 3 is 2.80 bits per heavy atom. The fraction of sp³-hybridized carbons (Fsp3) is 0.154. The van der Waals surface area contributed by atoms with Crippen LogP contribution in [0.3, 0.4) is 0 Å². The third-order valence-corrected chi connectivity index (χ3v) is 2.81. The molecule has 1 nitrogen and oxygen atoms in total. The summed E-state index contributed by atoms with van der Waals surface area (Å²) in [5.74, 6) is 0. The summed E-state index contributed by atoms with van der Waals surface area (Å²) in [5.41, 5.74) is 4.77. The van der Waals surface area contributed by atoms with Crippen LogP contribution in [0.5, 0.6) is 0 Å². The molecule has 2 heteroatoms. The molecule has 0 aliphatic rings. The quantitative estimate of drug-likeness (QED) is 0.784. The van der Waals surface area contributed by atoms with E-state index in [2.05, 4.69) is 24.9 Å². The summed E-state index contributed by atoms with van der Waals surface area (Å²) in [7, 11) is 0. The highest BCUT2D eigenvalue weighted by Crippen LogP contribution is 2.29. The lowest BCUT2D eigenvalue weighted by Crippen LogP contribution is -1.87. The molecule has 0 spiro atoms. The van der Waals surface area contributed by atoms with Crippen LogP contribution in [-0.4, -0.2) is 4.98 Å². The van der Waals surface area contributed by atoms with E-state index in [9.17, 15) is 0 Å². The van der Waals surface area contributed by atoms with Gasteiger partial charge in [0.25, 0.3) is 0 Å². The Morgan fingerprint density at radius 1 is 1.27 bits per heavy atom. The molecule has 0 atom stereocenters. The summed E-state index contributed by atoms with van der Waals surface area (Å²) >= 11 is 6.00. The van der Waals surface area contributed by atoms with Gasteiger partial charge in [0.2, 0.25) is 0 Å². The van der Waals surface area contributed by atoms with Crippen molar-refractivity contribution in [1.82, 2.24) is 4.98 Å². The zero-order valence-corrected chi connectivity index (χ0v) is 9.43. The summed E-state index contributed by atoms with van der Waals surface area (Å²) in [6.45, 7) is 5.99. The fourth-order valence-electron chi connectivity index (χ4n) is 1.75. The maximum Gasteiger partial charge on any atom is 0.0412 e. The van der Waals surface area contributed by atoms with Crippen molar-refractivity contribution in [1.29, 1.82) is 0 Å². The van der Waals surface area contributed by atoms with E-state index in [4.69, 9.17) is 11.6 Å². The Bertz CT molecular complexity index is 471. The highest BCUT2D eigenvalue weighted by atomic mass is 35.5. The highest BCUT2D eigenvalue weighted by molar-refractivity contribution is 6.30. The van der Waals surface area contributed by atoms with Gasteiger partial charge in [-0.3, -0.25) is 0 Å². The van der Waals surface area contributed by atoms with Crippen molar-refractivity contribution >= 4 is 11.6 Å². The summed E-state index contributed by atoms with van der Waals surface area (Å²) in [4.78, 5) is 3.20. The molecule has 0 amide bonds. The molecule has 0 fully saturated rings. The van der Waals surface area contributed by atoms with Crippen LogP contribution >= 0.6 is 11.6 Å². The molecule has 1 heterocycles. The molecule has 1 aromatic carbocycles. The van der Waals surface area contributed by atoms with E-state index >= 15 is 0 Å². The van der Waals surface area contributed by atoms with Crippen LogP contribution in [0.2, 0.25) is 5.02 Å². The first-order chi connectivity index (χ1) is 7.22. The third-order valence-electron chi connectivity index (χ3n) is 2.57. The van der Waals surface area contributed by atoms with E-state index in [0.29, 0.717) is 0 Å². The van der Waals surface area contributed by atoms with Gasteiger partial charge in [0.1, 0.15) is 0 Å². The number of rotatable bonds is 2. The molecular formula is C13H13ClN. The number of hydrogen-bond donors (Lipinski definition) is 1. The summed E-state index contributed by atoms with van der Waals surface area (Å²) in [6, 6.07) is 8.02. The topological polar surface area (TPSA) is 15.8 Å². The number of nitrogens with one attached hydrogen (secondary N) is 1. The lowest BCUT2D eigenvalue weighted by Gasteiger charge is -2.06. The lowest BCUT2D eigenvalue weighted by molar-refractivity contribution is 1.15. The number of aromatic amines is 1. The van der Waals surface area contributed by atoms with Gasteiger partial charge in [0.15, 0.2) is 0 Å². The second-order valence-corrected chi connectivity index (χ2v) is 4.02. The van der Waals surface area contributed by atoms with Crippen molar-refractivity contribution in [3.05, 3.63) is 53.7 Å². The predicted molar refractivity (Wildman–Crippen MR) is 65.0 cm³/mol. The van der Waals surface area contributed by atoms with E-state index in [1.54, 1.807) is 0 Å². The maximum atomic E-state index is 6.00. The van der Waals surface area contributed by atoms with Crippen molar-refractivity contribution in [2.45, 2.75) is 13.3 Å². The largest absolute Gasteiger partial charge is 0.364 e. The Hall–Kier alpha value is -1.21. The molecule has 0 aliphatic carbocycles. The minimum atomic E-state index is 0.758. The van der Waals surface area contributed by atoms with Crippen LogP contribution in [0.25, 0.3) is 11.1 Å². The van der Waals surface area contributed by atoms with Gasteiger partial charge in [-0.15, -0.1) is 0 Å². The van der Waals surface area contributed by atoms with Gasteiger partial charge in [-0.1, -0.05) is 17.7 Å². The first-order valence-electron chi connectivity index (χ1n) is 4.94. The lowest BCUT2D eigenvalue weighted by atomic mass is 10.0. The SMILES string of the molecule is [CH2]Cc1[nH]ccc1-c1cc(Cl)ccc1C. The van der Waals surface area contributed by atoms with E-state index < -0.39 is 0 Å². The average Bonchev–Trinajstić information content (AvgIpc) is 2.69. The van der Waals surface area contributed by atoms with Gasteiger partial charge >= 0.3 is 0 Å². The van der Waals surface area contributed by atoms with Crippen molar-refractivity contribution < 1.29 is 0 Å². The Balaban J connectivity index is 2.58. The highest BCUT2D eigenvalue weighted by Gasteiger charge is 2.07. The zero-order chi connectivity index (χ0) is 10.8. The van der Waals surface area contributed by atoms with E-state index in [-0.39, 0.29) is 0 Å². The predicted octanol–water partition coefficient (Wildman–Crippen LogP) is 4.02. The standard InChI is InChI=1S/C13H13ClN/c1-3-13-11(6-7-15-13)12-8-10(14)5-4-9(12)2/h4-8,15H,1,3H2,2H3. The number of benzene rings is 1. The molecule has 77 valence electrons. The summed E-state index contributed by atoms with van der Waals surface area (Å²) < 4.78 is 0. The van der Waals surface area contributed by atoms with Crippen molar-refractivity contribution in [3.63, 3.8) is 0 Å². The van der Waals surface area contributed by atoms with Crippen LogP contribution < -0.4 is 0 Å². The minimum Gasteiger partial charge on any atom is -0.364 e. The second kappa shape index (κ2) is 4.11.